The summed E-state index contributed by atoms with van der Waals surface area (Å²) in [6, 6.07) is 0.455. The first-order valence-corrected chi connectivity index (χ1v) is 5.60. The van der Waals surface area contributed by atoms with Crippen LogP contribution in [0.3, 0.4) is 0 Å². The molecule has 0 aromatic heterocycles. The third-order valence-corrected chi connectivity index (χ3v) is 2.80. The van der Waals surface area contributed by atoms with E-state index in [0.717, 1.165) is 26.2 Å². The van der Waals surface area contributed by atoms with Gasteiger partial charge in [0.15, 0.2) is 0 Å². The fourth-order valence-corrected chi connectivity index (χ4v) is 1.71. The highest BCUT2D eigenvalue weighted by atomic mass is 16.5. The van der Waals surface area contributed by atoms with Gasteiger partial charge in [-0.05, 0) is 25.8 Å². The number of hydrogen-bond acceptors (Lipinski definition) is 3. The Hall–Kier alpha value is -0.120. The van der Waals surface area contributed by atoms with Gasteiger partial charge in [0, 0.05) is 12.6 Å². The summed E-state index contributed by atoms with van der Waals surface area (Å²) >= 11 is 0. The average molecular weight is 201 g/mol. The molecule has 1 heterocycles. The molecule has 0 bridgehead atoms. The molecule has 2 unspecified atom stereocenters. The molecule has 3 nitrogen and oxygen atoms in total. The molecule has 0 saturated carbocycles. The number of ether oxygens (including phenoxy) is 2. The zero-order valence-electron chi connectivity index (χ0n) is 9.58. The predicted octanol–water partition coefficient (Wildman–Crippen LogP) is 1.43. The van der Waals surface area contributed by atoms with Gasteiger partial charge in [-0.25, -0.2) is 0 Å². The van der Waals surface area contributed by atoms with E-state index >= 15 is 0 Å². The van der Waals surface area contributed by atoms with Crippen molar-refractivity contribution in [2.75, 3.05) is 26.9 Å². The lowest BCUT2D eigenvalue weighted by molar-refractivity contribution is 0.00695. The molecule has 84 valence electrons. The van der Waals surface area contributed by atoms with Gasteiger partial charge < -0.3 is 14.8 Å². The molecule has 0 radical (unpaired) electrons. The van der Waals surface area contributed by atoms with Crippen molar-refractivity contribution in [3.63, 3.8) is 0 Å². The molecule has 14 heavy (non-hydrogen) atoms. The topological polar surface area (TPSA) is 30.5 Å². The second kappa shape index (κ2) is 6.38. The van der Waals surface area contributed by atoms with Gasteiger partial charge in [0.2, 0.25) is 0 Å². The van der Waals surface area contributed by atoms with Gasteiger partial charge in [0.1, 0.15) is 0 Å². The minimum absolute atomic E-state index is 0.347. The molecular weight excluding hydrogens is 178 g/mol. The minimum Gasteiger partial charge on any atom is -0.377 e. The molecule has 0 aromatic carbocycles. The van der Waals surface area contributed by atoms with Crippen LogP contribution in [0.4, 0.5) is 0 Å². The third kappa shape index (κ3) is 3.95. The molecule has 0 aliphatic carbocycles. The molecule has 3 heteroatoms. The van der Waals surface area contributed by atoms with Gasteiger partial charge in [-0.2, -0.15) is 0 Å². The molecule has 1 aliphatic heterocycles. The lowest BCUT2D eigenvalue weighted by Crippen LogP contribution is -2.36. The minimum atomic E-state index is 0.347. The van der Waals surface area contributed by atoms with Crippen molar-refractivity contribution in [1.82, 2.24) is 5.32 Å². The average Bonchev–Trinajstić information content (AvgIpc) is 2.64. The molecule has 1 fully saturated rings. The van der Waals surface area contributed by atoms with E-state index < -0.39 is 0 Å². The Balaban J connectivity index is 2.06. The molecule has 0 spiro atoms. The first kappa shape index (κ1) is 12.0. The first-order chi connectivity index (χ1) is 6.74. The Morgan fingerprint density at radius 1 is 1.50 bits per heavy atom. The lowest BCUT2D eigenvalue weighted by atomic mass is 10.1. The van der Waals surface area contributed by atoms with Crippen LogP contribution in [0.2, 0.25) is 0 Å². The van der Waals surface area contributed by atoms with E-state index in [0.29, 0.717) is 18.1 Å². The van der Waals surface area contributed by atoms with Crippen LogP contribution < -0.4 is 5.32 Å². The first-order valence-electron chi connectivity index (χ1n) is 5.60. The summed E-state index contributed by atoms with van der Waals surface area (Å²) in [4.78, 5) is 0. The summed E-state index contributed by atoms with van der Waals surface area (Å²) in [5, 5.41) is 3.26. The SMILES string of the molecule is CNC(COCC1CCCO1)C(C)C. The van der Waals surface area contributed by atoms with Crippen LogP contribution in [0.5, 0.6) is 0 Å². The van der Waals surface area contributed by atoms with Crippen LogP contribution in [0.1, 0.15) is 26.7 Å². The molecular formula is C11H23NO2. The second-order valence-electron chi connectivity index (χ2n) is 4.31. The largest absolute Gasteiger partial charge is 0.377 e. The predicted molar refractivity (Wildman–Crippen MR) is 57.5 cm³/mol. The highest BCUT2D eigenvalue weighted by Gasteiger charge is 2.17. The van der Waals surface area contributed by atoms with Crippen molar-refractivity contribution in [3.05, 3.63) is 0 Å². The van der Waals surface area contributed by atoms with Crippen molar-refractivity contribution in [2.24, 2.45) is 5.92 Å². The Labute approximate surface area is 87.2 Å². The molecule has 0 amide bonds. The highest BCUT2D eigenvalue weighted by molar-refractivity contribution is 4.69. The van der Waals surface area contributed by atoms with Crippen LogP contribution in [0.25, 0.3) is 0 Å². The van der Waals surface area contributed by atoms with Crippen LogP contribution in [-0.2, 0) is 9.47 Å². The van der Waals surface area contributed by atoms with Crippen LogP contribution >= 0.6 is 0 Å². The molecule has 2 atom stereocenters. The Kier molecular flexibility index (Phi) is 5.45. The quantitative estimate of drug-likeness (QED) is 0.705. The summed E-state index contributed by atoms with van der Waals surface area (Å²) in [7, 11) is 1.99. The van der Waals surface area contributed by atoms with E-state index in [1.165, 1.54) is 6.42 Å². The number of likely N-dealkylation sites (N-methyl/N-ethyl adjacent to an activating group) is 1. The van der Waals surface area contributed by atoms with Gasteiger partial charge in [-0.1, -0.05) is 13.8 Å². The summed E-state index contributed by atoms with van der Waals surface area (Å²) in [5.41, 5.74) is 0. The standard InChI is InChI=1S/C11H23NO2/c1-9(2)11(12-3)8-13-7-10-5-4-6-14-10/h9-12H,4-8H2,1-3H3. The maximum absolute atomic E-state index is 5.64. The molecule has 1 N–H and O–H groups in total. The van der Waals surface area contributed by atoms with Gasteiger partial charge in [0.25, 0.3) is 0 Å². The van der Waals surface area contributed by atoms with Gasteiger partial charge in [-0.15, -0.1) is 0 Å². The monoisotopic (exact) mass is 201 g/mol. The summed E-state index contributed by atoms with van der Waals surface area (Å²) in [5.74, 6) is 0.615. The van der Waals surface area contributed by atoms with Crippen LogP contribution in [0, 0.1) is 5.92 Å². The maximum atomic E-state index is 5.64. The third-order valence-electron chi connectivity index (χ3n) is 2.80. The smallest absolute Gasteiger partial charge is 0.0809 e. The molecule has 1 rings (SSSR count). The fourth-order valence-electron chi connectivity index (χ4n) is 1.71. The van der Waals surface area contributed by atoms with E-state index in [1.54, 1.807) is 0 Å². The van der Waals surface area contributed by atoms with Crippen molar-refractivity contribution in [2.45, 2.75) is 38.8 Å². The molecule has 1 aliphatic rings. The van der Waals surface area contributed by atoms with Gasteiger partial charge >= 0.3 is 0 Å². The Morgan fingerprint density at radius 3 is 2.79 bits per heavy atom. The number of rotatable bonds is 6. The molecule has 1 saturated heterocycles. The van der Waals surface area contributed by atoms with Gasteiger partial charge in [0.05, 0.1) is 19.3 Å². The number of hydrogen-bond donors (Lipinski definition) is 1. The highest BCUT2D eigenvalue weighted by Crippen LogP contribution is 2.12. The normalized spacial score (nSPS) is 24.4. The summed E-state index contributed by atoms with van der Waals surface area (Å²) in [6.45, 7) is 6.86. The number of nitrogens with one attached hydrogen (secondary N) is 1. The van der Waals surface area contributed by atoms with Crippen LogP contribution in [0.15, 0.2) is 0 Å². The zero-order valence-corrected chi connectivity index (χ0v) is 9.58. The Bertz CT molecular complexity index is 144. The summed E-state index contributed by atoms with van der Waals surface area (Å²) < 4.78 is 11.1. The second-order valence-corrected chi connectivity index (χ2v) is 4.31. The van der Waals surface area contributed by atoms with E-state index in [2.05, 4.69) is 19.2 Å². The van der Waals surface area contributed by atoms with Crippen molar-refractivity contribution in [3.8, 4) is 0 Å². The zero-order chi connectivity index (χ0) is 10.4. The van der Waals surface area contributed by atoms with E-state index in [9.17, 15) is 0 Å². The summed E-state index contributed by atoms with van der Waals surface area (Å²) in [6.07, 6.45) is 2.69. The fraction of sp³-hybridized carbons (Fsp3) is 1.00. The van der Waals surface area contributed by atoms with Crippen molar-refractivity contribution >= 4 is 0 Å². The van der Waals surface area contributed by atoms with Crippen molar-refractivity contribution in [1.29, 1.82) is 0 Å². The Morgan fingerprint density at radius 2 is 2.29 bits per heavy atom. The van der Waals surface area contributed by atoms with E-state index in [4.69, 9.17) is 9.47 Å². The van der Waals surface area contributed by atoms with Crippen LogP contribution in [-0.4, -0.2) is 39.0 Å². The van der Waals surface area contributed by atoms with Gasteiger partial charge in [-0.3, -0.25) is 0 Å². The maximum Gasteiger partial charge on any atom is 0.0809 e. The van der Waals surface area contributed by atoms with Crippen molar-refractivity contribution < 1.29 is 9.47 Å². The molecule has 0 aromatic rings. The lowest BCUT2D eigenvalue weighted by Gasteiger charge is -2.21. The van der Waals surface area contributed by atoms with E-state index in [-0.39, 0.29) is 0 Å². The van der Waals surface area contributed by atoms with E-state index in [1.807, 2.05) is 7.05 Å².